The van der Waals surface area contributed by atoms with Crippen molar-refractivity contribution in [1.82, 2.24) is 4.98 Å². The van der Waals surface area contributed by atoms with Crippen LogP contribution in [-0.2, 0) is 19.3 Å². The first-order valence-electron chi connectivity index (χ1n) is 6.69. The number of fused-ring (bicyclic) bond motifs is 2. The number of aromatic nitrogens is 1. The second kappa shape index (κ2) is 5.18. The summed E-state index contributed by atoms with van der Waals surface area (Å²) in [6.45, 7) is 3.23. The van der Waals surface area contributed by atoms with Gasteiger partial charge in [0.15, 0.2) is 0 Å². The second-order valence-corrected chi connectivity index (χ2v) is 10.4. The zero-order valence-corrected chi connectivity index (χ0v) is 17.4. The van der Waals surface area contributed by atoms with Gasteiger partial charge in [0, 0.05) is 0 Å². The molecule has 0 radical (unpaired) electrons. The third-order valence-corrected chi connectivity index (χ3v) is 7.87. The molecule has 2 nitrogen and oxygen atoms in total. The van der Waals surface area contributed by atoms with Gasteiger partial charge in [0.05, 0.1) is 0 Å². The van der Waals surface area contributed by atoms with E-state index in [1.165, 1.54) is 36.9 Å². The maximum absolute atomic E-state index is 5.78. The number of pyridine rings is 1. The van der Waals surface area contributed by atoms with Gasteiger partial charge in [0.25, 0.3) is 0 Å². The van der Waals surface area contributed by atoms with E-state index in [4.69, 9.17) is 9.72 Å². The van der Waals surface area contributed by atoms with Crippen LogP contribution in [0, 0.1) is 0 Å². The first kappa shape index (κ1) is 13.6. The van der Waals surface area contributed by atoms with E-state index in [2.05, 4.69) is 29.5 Å². The summed E-state index contributed by atoms with van der Waals surface area (Å²) in [7, 11) is 0. The topological polar surface area (TPSA) is 22.1 Å². The summed E-state index contributed by atoms with van der Waals surface area (Å²) in [6, 6.07) is 0. The molecule has 1 aromatic rings. The molecule has 1 unspecified atom stereocenters. The number of nitrogens with zero attached hydrogens (tertiary/aromatic N) is 1. The molecule has 1 aliphatic carbocycles. The van der Waals surface area contributed by atoms with E-state index in [0.717, 1.165) is 51.1 Å². The van der Waals surface area contributed by atoms with Crippen LogP contribution in [0.25, 0.3) is 0 Å². The Morgan fingerprint density at radius 3 is 2.83 bits per heavy atom. The number of halogens is 1. The molecule has 94 valence electrons. The van der Waals surface area contributed by atoms with Crippen molar-refractivity contribution in [3.8, 4) is 5.88 Å². The van der Waals surface area contributed by atoms with E-state index in [-0.39, 0.29) is 0 Å². The molecule has 1 aliphatic heterocycles. The summed E-state index contributed by atoms with van der Waals surface area (Å²) in [5.41, 5.74) is 4.38. The molecule has 0 aromatic carbocycles. The number of rotatable bonds is 0. The normalized spacial score (nSPS) is 26.7. The zero-order chi connectivity index (χ0) is 12.8. The fourth-order valence-electron chi connectivity index (χ4n) is 2.86. The third-order valence-electron chi connectivity index (χ3n) is 4.08. The number of alkyl halides is 1. The standard InChI is InChI=1S/C14H17INO.Tl/c1-14(15)6-4-10-9-11-3-2-8-17-13(11)16-12(10)5-7-14;/h2-8H2,1H3;. The van der Waals surface area contributed by atoms with Gasteiger partial charge >= 0.3 is 139 Å². The minimum atomic E-state index is 0.441. The Morgan fingerprint density at radius 1 is 1.22 bits per heavy atom. The van der Waals surface area contributed by atoms with Gasteiger partial charge in [-0.2, -0.15) is 0 Å². The summed E-state index contributed by atoms with van der Waals surface area (Å²) in [4.78, 5) is 4.84. The van der Waals surface area contributed by atoms with Gasteiger partial charge in [-0.3, -0.25) is 0 Å². The van der Waals surface area contributed by atoms with Crippen molar-refractivity contribution in [3.05, 3.63) is 16.8 Å². The molecule has 3 rings (SSSR count). The van der Waals surface area contributed by atoms with E-state index in [1.807, 2.05) is 0 Å². The van der Waals surface area contributed by atoms with Crippen molar-refractivity contribution in [2.24, 2.45) is 0 Å². The second-order valence-electron chi connectivity index (χ2n) is 5.60. The van der Waals surface area contributed by atoms with Gasteiger partial charge in [0.1, 0.15) is 0 Å². The third kappa shape index (κ3) is 2.58. The number of ether oxygens (including phenoxy) is 1. The molecule has 2 aliphatic rings. The van der Waals surface area contributed by atoms with Gasteiger partial charge in [-0.05, 0) is 0 Å². The molecule has 0 N–H and O–H groups in total. The Bertz CT molecular complexity index is 487. The van der Waals surface area contributed by atoms with Crippen LogP contribution >= 0.6 is 22.6 Å². The van der Waals surface area contributed by atoms with Crippen LogP contribution in [0.15, 0.2) is 0 Å². The number of hydrogen-bond donors (Lipinski definition) is 0. The van der Waals surface area contributed by atoms with Gasteiger partial charge in [-0.15, -0.1) is 0 Å². The van der Waals surface area contributed by atoms with Crippen molar-refractivity contribution in [2.45, 2.75) is 48.9 Å². The van der Waals surface area contributed by atoms with Gasteiger partial charge in [-0.1, -0.05) is 0 Å². The van der Waals surface area contributed by atoms with Crippen molar-refractivity contribution in [3.63, 3.8) is 0 Å². The summed E-state index contributed by atoms with van der Waals surface area (Å²) in [6.07, 6.45) is 7.24. The Hall–Kier alpha value is 0.602. The molecule has 4 heteroatoms. The van der Waals surface area contributed by atoms with Crippen LogP contribution in [0.1, 0.15) is 43.0 Å². The van der Waals surface area contributed by atoms with Crippen LogP contribution in [0.5, 0.6) is 5.88 Å². The minimum absolute atomic E-state index is 0.441. The predicted octanol–water partition coefficient (Wildman–Crippen LogP) is 2.27. The molecule has 0 saturated carbocycles. The zero-order valence-electron chi connectivity index (χ0n) is 10.8. The van der Waals surface area contributed by atoms with Crippen molar-refractivity contribution < 1.29 is 4.74 Å². The molecule has 0 spiro atoms. The molecular formula is C14H17INOTl. The van der Waals surface area contributed by atoms with Crippen molar-refractivity contribution in [1.29, 1.82) is 0 Å². The summed E-state index contributed by atoms with van der Waals surface area (Å²) < 4.78 is 7.85. The van der Waals surface area contributed by atoms with Crippen LogP contribution in [0.2, 0.25) is 0 Å². The van der Waals surface area contributed by atoms with E-state index >= 15 is 0 Å². The maximum atomic E-state index is 5.78. The van der Waals surface area contributed by atoms with Crippen LogP contribution in [0.3, 0.4) is 0 Å². The quantitative estimate of drug-likeness (QED) is 0.216. The predicted molar refractivity (Wildman–Crippen MR) is 82.5 cm³/mol. The SMILES string of the molecule is CC1(I)CCc2nc3c([c]([Tl])c2CC1)CCCO3. The van der Waals surface area contributed by atoms with E-state index in [1.54, 1.807) is 8.69 Å². The molecular weight excluding hydrogens is 529 g/mol. The van der Waals surface area contributed by atoms with Gasteiger partial charge in [-0.25, -0.2) is 0 Å². The molecule has 0 saturated heterocycles. The number of aryl methyl sites for hydroxylation is 1. The number of hydrogen-bond acceptors (Lipinski definition) is 2. The fraction of sp³-hybridized carbons (Fsp3) is 0.643. The van der Waals surface area contributed by atoms with Crippen LogP contribution < -0.4 is 7.86 Å². The first-order chi connectivity index (χ1) is 8.57. The molecule has 0 fully saturated rings. The molecule has 1 atom stereocenters. The Labute approximate surface area is 138 Å². The first-order valence-corrected chi connectivity index (χ1v) is 10.0. The Kier molecular flexibility index (Phi) is 3.91. The molecule has 0 bridgehead atoms. The summed E-state index contributed by atoms with van der Waals surface area (Å²) >= 11 is 3.53. The molecule has 1 aromatic heterocycles. The summed E-state index contributed by atoms with van der Waals surface area (Å²) in [5.74, 6) is 0.967. The van der Waals surface area contributed by atoms with E-state index in [0.29, 0.717) is 3.42 Å². The fourth-order valence-corrected chi connectivity index (χ4v) is 5.65. The average molecular weight is 547 g/mol. The van der Waals surface area contributed by atoms with Crippen molar-refractivity contribution >= 4 is 51.5 Å². The van der Waals surface area contributed by atoms with E-state index in [9.17, 15) is 0 Å². The van der Waals surface area contributed by atoms with Gasteiger partial charge in [0.2, 0.25) is 0 Å². The molecule has 2 heterocycles. The van der Waals surface area contributed by atoms with Crippen molar-refractivity contribution in [2.75, 3.05) is 6.61 Å². The Morgan fingerprint density at radius 2 is 2.00 bits per heavy atom. The molecule has 18 heavy (non-hydrogen) atoms. The van der Waals surface area contributed by atoms with Crippen LogP contribution in [-0.4, -0.2) is 40.8 Å². The molecule has 0 amide bonds. The van der Waals surface area contributed by atoms with E-state index < -0.39 is 0 Å². The Balaban J connectivity index is 2.05. The van der Waals surface area contributed by atoms with Crippen LogP contribution in [0.4, 0.5) is 0 Å². The summed E-state index contributed by atoms with van der Waals surface area (Å²) in [5, 5.41) is 0. The monoisotopic (exact) mass is 547 g/mol. The average Bonchev–Trinajstić information content (AvgIpc) is 2.50. The van der Waals surface area contributed by atoms with Gasteiger partial charge < -0.3 is 0 Å².